The number of rotatable bonds is 11. The van der Waals surface area contributed by atoms with Crippen LogP contribution in [-0.2, 0) is 9.53 Å². The first-order valence-electron chi connectivity index (χ1n) is 7.14. The zero-order chi connectivity index (χ0) is 12.9. The minimum atomic E-state index is -0.419. The largest absolute Gasteiger partial charge is 0.465 e. The molecule has 0 bridgehead atoms. The van der Waals surface area contributed by atoms with E-state index in [0.717, 1.165) is 38.5 Å². The van der Waals surface area contributed by atoms with E-state index in [1.165, 1.54) is 19.3 Å². The molecule has 0 saturated heterocycles. The fraction of sp³-hybridized carbons (Fsp3) is 0.929. The molecule has 17 heavy (non-hydrogen) atoms. The molecule has 1 atom stereocenters. The second-order valence-corrected chi connectivity index (χ2v) is 4.68. The van der Waals surface area contributed by atoms with Crippen LogP contribution >= 0.6 is 0 Å². The Balaban J connectivity index is 3.37. The lowest BCUT2D eigenvalue weighted by atomic mass is 10.1. The molecule has 102 valence electrons. The third-order valence-electron chi connectivity index (χ3n) is 2.91. The highest BCUT2D eigenvalue weighted by Crippen LogP contribution is 2.05. The SMILES string of the molecule is CCCCCCCOC(=O)C(N)CCCCC. The van der Waals surface area contributed by atoms with Crippen LogP contribution in [0.4, 0.5) is 0 Å². The number of ether oxygens (including phenoxy) is 1. The summed E-state index contributed by atoms with van der Waals surface area (Å²) in [5.41, 5.74) is 5.75. The number of carbonyl (C=O) groups is 1. The number of hydrogen-bond acceptors (Lipinski definition) is 3. The molecule has 3 heteroatoms. The Bertz CT molecular complexity index is 183. The van der Waals surface area contributed by atoms with Crippen LogP contribution in [0.5, 0.6) is 0 Å². The van der Waals surface area contributed by atoms with Gasteiger partial charge in [-0.05, 0) is 12.8 Å². The van der Waals surface area contributed by atoms with Crippen LogP contribution in [0.2, 0.25) is 0 Å². The van der Waals surface area contributed by atoms with Crippen molar-refractivity contribution in [2.24, 2.45) is 5.73 Å². The van der Waals surface area contributed by atoms with E-state index in [2.05, 4.69) is 13.8 Å². The molecule has 0 aromatic heterocycles. The third kappa shape index (κ3) is 10.3. The van der Waals surface area contributed by atoms with Crippen molar-refractivity contribution in [3.8, 4) is 0 Å². The van der Waals surface area contributed by atoms with Crippen molar-refractivity contribution in [1.82, 2.24) is 0 Å². The van der Waals surface area contributed by atoms with Crippen LogP contribution in [0.3, 0.4) is 0 Å². The van der Waals surface area contributed by atoms with Crippen molar-refractivity contribution < 1.29 is 9.53 Å². The Labute approximate surface area is 106 Å². The molecule has 0 amide bonds. The van der Waals surface area contributed by atoms with Crippen LogP contribution in [0.1, 0.15) is 71.6 Å². The number of esters is 1. The summed E-state index contributed by atoms with van der Waals surface area (Å²) < 4.78 is 5.15. The fourth-order valence-corrected chi connectivity index (χ4v) is 1.72. The lowest BCUT2D eigenvalue weighted by Crippen LogP contribution is -2.32. The quantitative estimate of drug-likeness (QED) is 0.447. The molecule has 3 nitrogen and oxygen atoms in total. The highest BCUT2D eigenvalue weighted by Gasteiger charge is 2.13. The van der Waals surface area contributed by atoms with Gasteiger partial charge in [-0.15, -0.1) is 0 Å². The minimum Gasteiger partial charge on any atom is -0.465 e. The number of hydrogen-bond donors (Lipinski definition) is 1. The van der Waals surface area contributed by atoms with E-state index < -0.39 is 6.04 Å². The fourth-order valence-electron chi connectivity index (χ4n) is 1.72. The van der Waals surface area contributed by atoms with Crippen molar-refractivity contribution in [3.63, 3.8) is 0 Å². The average Bonchev–Trinajstić information content (AvgIpc) is 2.33. The van der Waals surface area contributed by atoms with Gasteiger partial charge in [0.15, 0.2) is 0 Å². The summed E-state index contributed by atoms with van der Waals surface area (Å²) in [6, 6.07) is -0.419. The maximum atomic E-state index is 11.5. The molecule has 0 rings (SSSR count). The first kappa shape index (κ1) is 16.4. The van der Waals surface area contributed by atoms with Gasteiger partial charge in [0, 0.05) is 0 Å². The molecule has 0 heterocycles. The summed E-state index contributed by atoms with van der Waals surface area (Å²) in [5.74, 6) is -0.225. The summed E-state index contributed by atoms with van der Waals surface area (Å²) in [4.78, 5) is 11.5. The van der Waals surface area contributed by atoms with E-state index in [1.807, 2.05) is 0 Å². The summed E-state index contributed by atoms with van der Waals surface area (Å²) in [6.45, 7) is 4.86. The van der Waals surface area contributed by atoms with Gasteiger partial charge in [-0.25, -0.2) is 0 Å². The smallest absolute Gasteiger partial charge is 0.322 e. The predicted molar refractivity (Wildman–Crippen MR) is 71.8 cm³/mol. The molecule has 0 aromatic carbocycles. The molecule has 0 saturated carbocycles. The van der Waals surface area contributed by atoms with Gasteiger partial charge in [0.1, 0.15) is 6.04 Å². The second kappa shape index (κ2) is 11.9. The molecule has 0 aromatic rings. The highest BCUT2D eigenvalue weighted by molar-refractivity contribution is 5.75. The summed E-state index contributed by atoms with van der Waals surface area (Å²) in [7, 11) is 0. The Hall–Kier alpha value is -0.570. The van der Waals surface area contributed by atoms with Crippen molar-refractivity contribution in [2.45, 2.75) is 77.7 Å². The Morgan fingerprint density at radius 3 is 2.24 bits per heavy atom. The standard InChI is InChI=1S/C14H29NO2/c1-3-5-7-8-10-12-17-14(16)13(15)11-9-6-4-2/h13H,3-12,15H2,1-2H3. The monoisotopic (exact) mass is 243 g/mol. The molecular weight excluding hydrogens is 214 g/mol. The maximum Gasteiger partial charge on any atom is 0.322 e. The molecular formula is C14H29NO2. The Morgan fingerprint density at radius 1 is 1.00 bits per heavy atom. The molecule has 0 radical (unpaired) electrons. The number of nitrogens with two attached hydrogens (primary N) is 1. The first-order chi connectivity index (χ1) is 8.22. The van der Waals surface area contributed by atoms with E-state index in [4.69, 9.17) is 10.5 Å². The van der Waals surface area contributed by atoms with E-state index in [0.29, 0.717) is 6.61 Å². The van der Waals surface area contributed by atoms with Crippen molar-refractivity contribution in [3.05, 3.63) is 0 Å². The summed E-state index contributed by atoms with van der Waals surface area (Å²) >= 11 is 0. The van der Waals surface area contributed by atoms with E-state index in [1.54, 1.807) is 0 Å². The lowest BCUT2D eigenvalue weighted by Gasteiger charge is -2.11. The zero-order valence-corrected chi connectivity index (χ0v) is 11.5. The summed E-state index contributed by atoms with van der Waals surface area (Å²) in [6.07, 6.45) is 9.91. The van der Waals surface area contributed by atoms with E-state index >= 15 is 0 Å². The van der Waals surface area contributed by atoms with E-state index in [9.17, 15) is 4.79 Å². The average molecular weight is 243 g/mol. The molecule has 0 spiro atoms. The van der Waals surface area contributed by atoms with Crippen molar-refractivity contribution in [1.29, 1.82) is 0 Å². The van der Waals surface area contributed by atoms with E-state index in [-0.39, 0.29) is 5.97 Å². The highest BCUT2D eigenvalue weighted by atomic mass is 16.5. The second-order valence-electron chi connectivity index (χ2n) is 4.68. The topological polar surface area (TPSA) is 52.3 Å². The number of carbonyl (C=O) groups excluding carboxylic acids is 1. The molecule has 1 unspecified atom stereocenters. The maximum absolute atomic E-state index is 11.5. The molecule has 0 fully saturated rings. The minimum absolute atomic E-state index is 0.225. The molecule has 0 aliphatic rings. The van der Waals surface area contributed by atoms with Gasteiger partial charge in [0.05, 0.1) is 6.61 Å². The third-order valence-corrected chi connectivity index (χ3v) is 2.91. The summed E-state index contributed by atoms with van der Waals surface area (Å²) in [5, 5.41) is 0. The number of unbranched alkanes of at least 4 members (excludes halogenated alkanes) is 6. The molecule has 0 aliphatic heterocycles. The zero-order valence-electron chi connectivity index (χ0n) is 11.5. The Morgan fingerprint density at radius 2 is 1.59 bits per heavy atom. The first-order valence-corrected chi connectivity index (χ1v) is 7.14. The van der Waals surface area contributed by atoms with Crippen molar-refractivity contribution in [2.75, 3.05) is 6.61 Å². The van der Waals surface area contributed by atoms with Crippen LogP contribution < -0.4 is 5.73 Å². The van der Waals surface area contributed by atoms with Gasteiger partial charge < -0.3 is 10.5 Å². The predicted octanol–water partition coefficient (Wildman–Crippen LogP) is 3.41. The van der Waals surface area contributed by atoms with Crippen LogP contribution in [-0.4, -0.2) is 18.6 Å². The Kier molecular flexibility index (Phi) is 11.5. The molecule has 2 N–H and O–H groups in total. The van der Waals surface area contributed by atoms with Gasteiger partial charge in [-0.1, -0.05) is 58.8 Å². The van der Waals surface area contributed by atoms with Crippen LogP contribution in [0.25, 0.3) is 0 Å². The van der Waals surface area contributed by atoms with Crippen LogP contribution in [0, 0.1) is 0 Å². The van der Waals surface area contributed by atoms with Crippen LogP contribution in [0.15, 0.2) is 0 Å². The van der Waals surface area contributed by atoms with Crippen molar-refractivity contribution >= 4 is 5.97 Å². The van der Waals surface area contributed by atoms with Gasteiger partial charge in [0.25, 0.3) is 0 Å². The molecule has 0 aliphatic carbocycles. The lowest BCUT2D eigenvalue weighted by molar-refractivity contribution is -0.145. The van der Waals surface area contributed by atoms with Gasteiger partial charge >= 0.3 is 5.97 Å². The van der Waals surface area contributed by atoms with Gasteiger partial charge in [0.2, 0.25) is 0 Å². The van der Waals surface area contributed by atoms with Gasteiger partial charge in [-0.2, -0.15) is 0 Å². The van der Waals surface area contributed by atoms with Gasteiger partial charge in [-0.3, -0.25) is 4.79 Å². The normalized spacial score (nSPS) is 12.4.